The molecule has 0 radical (unpaired) electrons. The largest absolute Gasteiger partial charge is 0.459 e. The number of hydrogen-bond donors (Lipinski definition) is 1. The Hall–Kier alpha value is -1.36. The molecular weight excluding hydrogens is 218 g/mol. The number of aryl methyl sites for hydroxylation is 1. The second kappa shape index (κ2) is 5.31. The molecule has 1 rings (SSSR count). The van der Waals surface area contributed by atoms with Crippen molar-refractivity contribution in [3.8, 4) is 0 Å². The standard InChI is InChI=1S/C12H21N3O2/c1-5-10-14-6-7-15(10)8-9(13)11(16)17-12(2,3)4/h6-7,9H,5,8,13H2,1-4H3. The van der Waals surface area contributed by atoms with Crippen LogP contribution in [0.4, 0.5) is 0 Å². The van der Waals surface area contributed by atoms with E-state index in [0.29, 0.717) is 6.54 Å². The molecule has 0 aliphatic carbocycles. The Balaban J connectivity index is 2.60. The Bertz CT molecular complexity index is 379. The summed E-state index contributed by atoms with van der Waals surface area (Å²) < 4.78 is 7.11. The maximum atomic E-state index is 11.7. The number of rotatable bonds is 4. The van der Waals surface area contributed by atoms with Crippen LogP contribution in [0.25, 0.3) is 0 Å². The fourth-order valence-electron chi connectivity index (χ4n) is 1.48. The number of carbonyl (C=O) groups excluding carboxylic acids is 1. The van der Waals surface area contributed by atoms with Crippen LogP contribution in [-0.2, 0) is 22.5 Å². The summed E-state index contributed by atoms with van der Waals surface area (Å²) in [7, 11) is 0. The van der Waals surface area contributed by atoms with Gasteiger partial charge in [-0.25, -0.2) is 4.98 Å². The van der Waals surface area contributed by atoms with Crippen LogP contribution in [0.1, 0.15) is 33.5 Å². The first-order valence-corrected chi connectivity index (χ1v) is 5.82. The quantitative estimate of drug-likeness (QED) is 0.799. The lowest BCUT2D eigenvalue weighted by Gasteiger charge is -2.22. The Kier molecular flexibility index (Phi) is 4.28. The van der Waals surface area contributed by atoms with E-state index < -0.39 is 11.6 Å². The summed E-state index contributed by atoms with van der Waals surface area (Å²) in [6, 6.07) is -0.659. The van der Waals surface area contributed by atoms with Gasteiger partial charge in [0.05, 0.1) is 0 Å². The molecular formula is C12H21N3O2. The van der Waals surface area contributed by atoms with Gasteiger partial charge in [0, 0.05) is 25.4 Å². The SMILES string of the molecule is CCc1nccn1CC(N)C(=O)OC(C)(C)C. The van der Waals surface area contributed by atoms with Gasteiger partial charge in [0.2, 0.25) is 0 Å². The molecule has 2 N–H and O–H groups in total. The molecule has 1 aromatic heterocycles. The third kappa shape index (κ3) is 4.19. The van der Waals surface area contributed by atoms with Crippen molar-refractivity contribution in [2.24, 2.45) is 5.73 Å². The lowest BCUT2D eigenvalue weighted by Crippen LogP contribution is -2.40. The Morgan fingerprint density at radius 1 is 1.59 bits per heavy atom. The van der Waals surface area contributed by atoms with Gasteiger partial charge in [0.15, 0.2) is 0 Å². The molecule has 5 nitrogen and oxygen atoms in total. The molecule has 96 valence electrons. The van der Waals surface area contributed by atoms with E-state index in [-0.39, 0.29) is 5.97 Å². The molecule has 1 heterocycles. The van der Waals surface area contributed by atoms with Gasteiger partial charge in [0.25, 0.3) is 0 Å². The Morgan fingerprint density at radius 3 is 2.76 bits per heavy atom. The van der Waals surface area contributed by atoms with Crippen LogP contribution in [0.3, 0.4) is 0 Å². The Morgan fingerprint density at radius 2 is 2.24 bits per heavy atom. The molecule has 0 spiro atoms. The Labute approximate surface area is 102 Å². The maximum absolute atomic E-state index is 11.7. The molecule has 1 atom stereocenters. The number of nitrogens with two attached hydrogens (primary N) is 1. The molecule has 17 heavy (non-hydrogen) atoms. The summed E-state index contributed by atoms with van der Waals surface area (Å²) in [6.45, 7) is 7.89. The van der Waals surface area contributed by atoms with Crippen molar-refractivity contribution in [2.45, 2.75) is 52.3 Å². The van der Waals surface area contributed by atoms with E-state index in [1.165, 1.54) is 0 Å². The maximum Gasteiger partial charge on any atom is 0.325 e. The predicted molar refractivity (Wildman–Crippen MR) is 65.4 cm³/mol. The van der Waals surface area contributed by atoms with Gasteiger partial charge in [0.1, 0.15) is 17.5 Å². The highest BCUT2D eigenvalue weighted by atomic mass is 16.6. The van der Waals surface area contributed by atoms with Gasteiger partial charge in [-0.15, -0.1) is 0 Å². The molecule has 0 saturated carbocycles. The first kappa shape index (κ1) is 13.7. The minimum atomic E-state index is -0.659. The number of ether oxygens (including phenoxy) is 1. The van der Waals surface area contributed by atoms with Crippen molar-refractivity contribution >= 4 is 5.97 Å². The number of carbonyl (C=O) groups is 1. The zero-order valence-corrected chi connectivity index (χ0v) is 10.9. The zero-order valence-electron chi connectivity index (χ0n) is 10.9. The van der Waals surface area contributed by atoms with E-state index >= 15 is 0 Å². The second-order valence-corrected chi connectivity index (χ2v) is 4.99. The minimum Gasteiger partial charge on any atom is -0.459 e. The summed E-state index contributed by atoms with van der Waals surface area (Å²) in [6.07, 6.45) is 4.34. The highest BCUT2D eigenvalue weighted by Crippen LogP contribution is 2.09. The molecule has 0 bridgehead atoms. The van der Waals surface area contributed by atoms with Gasteiger partial charge in [-0.3, -0.25) is 4.79 Å². The molecule has 1 unspecified atom stereocenters. The first-order chi connectivity index (χ1) is 7.83. The number of esters is 1. The second-order valence-electron chi connectivity index (χ2n) is 4.99. The highest BCUT2D eigenvalue weighted by molar-refractivity contribution is 5.75. The van der Waals surface area contributed by atoms with Crippen molar-refractivity contribution in [3.05, 3.63) is 18.2 Å². The van der Waals surface area contributed by atoms with E-state index in [4.69, 9.17) is 10.5 Å². The number of imidazole rings is 1. The number of aromatic nitrogens is 2. The molecule has 0 fully saturated rings. The average molecular weight is 239 g/mol. The summed E-state index contributed by atoms with van der Waals surface area (Å²) in [4.78, 5) is 15.9. The van der Waals surface area contributed by atoms with Gasteiger partial charge < -0.3 is 15.0 Å². The van der Waals surface area contributed by atoms with Crippen LogP contribution in [0.2, 0.25) is 0 Å². The number of nitrogens with zero attached hydrogens (tertiary/aromatic N) is 2. The molecule has 0 aliphatic rings. The van der Waals surface area contributed by atoms with Gasteiger partial charge in [-0.1, -0.05) is 6.92 Å². The highest BCUT2D eigenvalue weighted by Gasteiger charge is 2.22. The van der Waals surface area contributed by atoms with Crippen LogP contribution in [0.15, 0.2) is 12.4 Å². The van der Waals surface area contributed by atoms with E-state index in [9.17, 15) is 4.79 Å². The summed E-state index contributed by atoms with van der Waals surface area (Å²) in [5.41, 5.74) is 5.31. The zero-order chi connectivity index (χ0) is 13.1. The van der Waals surface area contributed by atoms with Crippen LogP contribution >= 0.6 is 0 Å². The first-order valence-electron chi connectivity index (χ1n) is 5.82. The summed E-state index contributed by atoms with van der Waals surface area (Å²) in [5, 5.41) is 0. The van der Waals surface area contributed by atoms with E-state index in [1.807, 2.05) is 38.5 Å². The van der Waals surface area contributed by atoms with Crippen molar-refractivity contribution in [2.75, 3.05) is 0 Å². The predicted octanol–water partition coefficient (Wildman–Crippen LogP) is 1.11. The third-order valence-electron chi connectivity index (χ3n) is 2.22. The van der Waals surface area contributed by atoms with Crippen molar-refractivity contribution in [1.82, 2.24) is 9.55 Å². The molecule has 0 aliphatic heterocycles. The lowest BCUT2D eigenvalue weighted by atomic mass is 10.2. The normalized spacial score (nSPS) is 13.5. The lowest BCUT2D eigenvalue weighted by molar-refractivity contribution is -0.156. The van der Waals surface area contributed by atoms with E-state index in [1.54, 1.807) is 6.20 Å². The summed E-state index contributed by atoms with van der Waals surface area (Å²) >= 11 is 0. The van der Waals surface area contributed by atoms with Gasteiger partial charge >= 0.3 is 5.97 Å². The smallest absolute Gasteiger partial charge is 0.325 e. The van der Waals surface area contributed by atoms with E-state index in [2.05, 4.69) is 4.98 Å². The minimum absolute atomic E-state index is 0.381. The molecule has 0 saturated heterocycles. The third-order valence-corrected chi connectivity index (χ3v) is 2.22. The average Bonchev–Trinajstić information content (AvgIpc) is 2.62. The van der Waals surface area contributed by atoms with Crippen molar-refractivity contribution < 1.29 is 9.53 Å². The fourth-order valence-corrected chi connectivity index (χ4v) is 1.48. The van der Waals surface area contributed by atoms with Crippen molar-refractivity contribution in [1.29, 1.82) is 0 Å². The fraction of sp³-hybridized carbons (Fsp3) is 0.667. The van der Waals surface area contributed by atoms with Crippen LogP contribution < -0.4 is 5.73 Å². The molecule has 0 aromatic carbocycles. The molecule has 0 amide bonds. The van der Waals surface area contributed by atoms with E-state index in [0.717, 1.165) is 12.2 Å². The van der Waals surface area contributed by atoms with Crippen molar-refractivity contribution in [3.63, 3.8) is 0 Å². The topological polar surface area (TPSA) is 70.1 Å². The van der Waals surface area contributed by atoms with Gasteiger partial charge in [-0.05, 0) is 20.8 Å². The van der Waals surface area contributed by atoms with Crippen LogP contribution in [-0.4, -0.2) is 27.2 Å². The number of hydrogen-bond acceptors (Lipinski definition) is 4. The van der Waals surface area contributed by atoms with Crippen LogP contribution in [0.5, 0.6) is 0 Å². The van der Waals surface area contributed by atoms with Crippen LogP contribution in [0, 0.1) is 0 Å². The summed E-state index contributed by atoms with van der Waals surface area (Å²) in [5.74, 6) is 0.539. The monoisotopic (exact) mass is 239 g/mol. The van der Waals surface area contributed by atoms with Gasteiger partial charge in [-0.2, -0.15) is 0 Å². The molecule has 5 heteroatoms. The molecule has 1 aromatic rings.